The largest absolute Gasteiger partial charge is 0.454 e. The molecule has 4 nitrogen and oxygen atoms in total. The highest BCUT2D eigenvalue weighted by Crippen LogP contribution is 2.32. The van der Waals surface area contributed by atoms with Crippen molar-refractivity contribution in [2.75, 3.05) is 6.79 Å². The zero-order chi connectivity index (χ0) is 15.5. The van der Waals surface area contributed by atoms with Crippen LogP contribution in [0.2, 0.25) is 0 Å². The van der Waals surface area contributed by atoms with Gasteiger partial charge in [0, 0.05) is 11.6 Å². The molecule has 1 N–H and O–H groups in total. The van der Waals surface area contributed by atoms with Crippen LogP contribution in [0.15, 0.2) is 42.5 Å². The molecule has 0 aromatic heterocycles. The van der Waals surface area contributed by atoms with Gasteiger partial charge >= 0.3 is 0 Å². The third-order valence-corrected chi connectivity index (χ3v) is 3.50. The molecule has 0 fully saturated rings. The molecule has 114 valence electrons. The van der Waals surface area contributed by atoms with Crippen LogP contribution in [0.1, 0.15) is 22.8 Å². The summed E-state index contributed by atoms with van der Waals surface area (Å²) < 4.78 is 24.1. The van der Waals surface area contributed by atoms with E-state index in [-0.39, 0.29) is 24.6 Å². The number of carbonyl (C=O) groups is 1. The second-order valence-electron chi connectivity index (χ2n) is 5.24. The van der Waals surface area contributed by atoms with Gasteiger partial charge in [-0.25, -0.2) is 4.39 Å². The van der Waals surface area contributed by atoms with Crippen LogP contribution in [-0.4, -0.2) is 18.7 Å². The van der Waals surface area contributed by atoms with Gasteiger partial charge in [-0.1, -0.05) is 18.2 Å². The molecule has 1 unspecified atom stereocenters. The van der Waals surface area contributed by atoms with Crippen LogP contribution in [-0.2, 0) is 6.42 Å². The van der Waals surface area contributed by atoms with Gasteiger partial charge in [0.25, 0.3) is 5.91 Å². The summed E-state index contributed by atoms with van der Waals surface area (Å²) in [5.41, 5.74) is 1.07. The van der Waals surface area contributed by atoms with E-state index < -0.39 is 0 Å². The first-order valence-corrected chi connectivity index (χ1v) is 7.07. The minimum absolute atomic E-state index is 0.171. The lowest BCUT2D eigenvalue weighted by atomic mass is 10.1. The second kappa shape index (κ2) is 6.05. The number of amides is 1. The van der Waals surface area contributed by atoms with Crippen molar-refractivity contribution in [1.82, 2.24) is 5.32 Å². The molecule has 22 heavy (non-hydrogen) atoms. The Bertz CT molecular complexity index is 702. The molecule has 0 saturated heterocycles. The zero-order valence-electron chi connectivity index (χ0n) is 12.1. The number of hydrogen-bond donors (Lipinski definition) is 1. The number of rotatable bonds is 4. The predicted octanol–water partition coefficient (Wildman–Crippen LogP) is 2.92. The first kappa shape index (κ1) is 14.4. The van der Waals surface area contributed by atoms with Gasteiger partial charge in [-0.15, -0.1) is 0 Å². The summed E-state index contributed by atoms with van der Waals surface area (Å²) in [5.74, 6) is 0.721. The van der Waals surface area contributed by atoms with Crippen LogP contribution in [0.4, 0.5) is 4.39 Å². The Morgan fingerprint density at radius 1 is 1.23 bits per heavy atom. The molecule has 2 aromatic rings. The van der Waals surface area contributed by atoms with E-state index in [0.717, 1.165) is 0 Å². The molecule has 1 atom stereocenters. The smallest absolute Gasteiger partial charge is 0.251 e. The summed E-state index contributed by atoms with van der Waals surface area (Å²) in [6, 6.07) is 11.4. The van der Waals surface area contributed by atoms with Crippen LogP contribution in [0.5, 0.6) is 11.5 Å². The molecule has 0 spiro atoms. The van der Waals surface area contributed by atoms with E-state index in [1.54, 1.807) is 36.4 Å². The van der Waals surface area contributed by atoms with Gasteiger partial charge in [-0.3, -0.25) is 4.79 Å². The molecule has 0 aliphatic carbocycles. The monoisotopic (exact) mass is 301 g/mol. The van der Waals surface area contributed by atoms with Crippen molar-refractivity contribution >= 4 is 5.91 Å². The fraction of sp³-hybridized carbons (Fsp3) is 0.235. The molecule has 0 radical (unpaired) electrons. The first-order valence-electron chi connectivity index (χ1n) is 7.07. The maximum absolute atomic E-state index is 13.6. The van der Waals surface area contributed by atoms with Gasteiger partial charge < -0.3 is 14.8 Å². The molecule has 0 bridgehead atoms. The van der Waals surface area contributed by atoms with Crippen molar-refractivity contribution in [3.8, 4) is 11.5 Å². The summed E-state index contributed by atoms with van der Waals surface area (Å²) in [7, 11) is 0. The number of nitrogens with one attached hydrogen (secondary N) is 1. The van der Waals surface area contributed by atoms with Crippen molar-refractivity contribution in [1.29, 1.82) is 0 Å². The summed E-state index contributed by atoms with van der Waals surface area (Å²) in [6.45, 7) is 2.02. The Morgan fingerprint density at radius 3 is 2.82 bits per heavy atom. The molecule has 1 heterocycles. The molecule has 5 heteroatoms. The van der Waals surface area contributed by atoms with E-state index in [9.17, 15) is 9.18 Å². The summed E-state index contributed by atoms with van der Waals surface area (Å²) >= 11 is 0. The lowest BCUT2D eigenvalue weighted by molar-refractivity contribution is 0.0939. The van der Waals surface area contributed by atoms with Crippen molar-refractivity contribution < 1.29 is 18.7 Å². The van der Waals surface area contributed by atoms with E-state index in [2.05, 4.69) is 5.32 Å². The maximum atomic E-state index is 13.6. The Hall–Kier alpha value is -2.56. The van der Waals surface area contributed by atoms with Crippen LogP contribution in [0.25, 0.3) is 0 Å². The minimum atomic E-state index is -0.258. The normalized spacial score (nSPS) is 13.7. The topological polar surface area (TPSA) is 47.6 Å². The number of benzene rings is 2. The lowest BCUT2D eigenvalue weighted by Crippen LogP contribution is -2.34. The third-order valence-electron chi connectivity index (χ3n) is 3.50. The number of carbonyl (C=O) groups excluding carboxylic acids is 1. The van der Waals surface area contributed by atoms with Crippen LogP contribution in [0, 0.1) is 5.82 Å². The van der Waals surface area contributed by atoms with E-state index in [0.29, 0.717) is 29.0 Å². The minimum Gasteiger partial charge on any atom is -0.454 e. The fourth-order valence-electron chi connectivity index (χ4n) is 2.39. The highest BCUT2D eigenvalue weighted by molar-refractivity contribution is 5.95. The number of hydrogen-bond acceptors (Lipinski definition) is 3. The van der Waals surface area contributed by atoms with Crippen molar-refractivity contribution in [2.45, 2.75) is 19.4 Å². The SMILES string of the molecule is CC(Cc1ccccc1F)NC(=O)c1ccc2c(c1)OCO2. The van der Waals surface area contributed by atoms with Crippen LogP contribution in [0.3, 0.4) is 0 Å². The van der Waals surface area contributed by atoms with Gasteiger partial charge in [-0.05, 0) is 43.2 Å². The molecular formula is C17H16FNO3. The van der Waals surface area contributed by atoms with Gasteiger partial charge in [0.05, 0.1) is 0 Å². The summed E-state index contributed by atoms with van der Waals surface area (Å²) in [4.78, 5) is 12.2. The molecule has 1 aliphatic heterocycles. The molecule has 3 rings (SSSR count). The maximum Gasteiger partial charge on any atom is 0.251 e. The van der Waals surface area contributed by atoms with E-state index >= 15 is 0 Å². The van der Waals surface area contributed by atoms with E-state index in [1.807, 2.05) is 6.92 Å². The highest BCUT2D eigenvalue weighted by atomic mass is 19.1. The first-order chi connectivity index (χ1) is 10.6. The van der Waals surface area contributed by atoms with Gasteiger partial charge in [0.1, 0.15) is 5.82 Å². The van der Waals surface area contributed by atoms with E-state index in [1.165, 1.54) is 6.07 Å². The highest BCUT2D eigenvalue weighted by Gasteiger charge is 2.17. The Balaban J connectivity index is 1.65. The van der Waals surface area contributed by atoms with E-state index in [4.69, 9.17) is 9.47 Å². The third kappa shape index (κ3) is 3.03. The molecule has 1 aliphatic rings. The molecule has 2 aromatic carbocycles. The number of ether oxygens (including phenoxy) is 2. The summed E-state index contributed by atoms with van der Waals surface area (Å²) in [5, 5.41) is 2.86. The quantitative estimate of drug-likeness (QED) is 0.944. The van der Waals surface area contributed by atoms with Gasteiger partial charge in [-0.2, -0.15) is 0 Å². The zero-order valence-corrected chi connectivity index (χ0v) is 12.1. The van der Waals surface area contributed by atoms with Gasteiger partial charge in [0.2, 0.25) is 6.79 Å². The summed E-state index contributed by atoms with van der Waals surface area (Å²) in [6.07, 6.45) is 0.433. The molecular weight excluding hydrogens is 285 g/mol. The van der Waals surface area contributed by atoms with Crippen LogP contribution >= 0.6 is 0 Å². The van der Waals surface area contributed by atoms with Crippen molar-refractivity contribution in [3.05, 3.63) is 59.4 Å². The van der Waals surface area contributed by atoms with Gasteiger partial charge in [0.15, 0.2) is 11.5 Å². The van der Waals surface area contributed by atoms with Crippen molar-refractivity contribution in [2.24, 2.45) is 0 Å². The average Bonchev–Trinajstić information content (AvgIpc) is 2.97. The number of fused-ring (bicyclic) bond motifs is 1. The standard InChI is InChI=1S/C17H16FNO3/c1-11(8-12-4-2-3-5-14(12)18)19-17(20)13-6-7-15-16(9-13)22-10-21-15/h2-7,9,11H,8,10H2,1H3,(H,19,20). The fourth-order valence-corrected chi connectivity index (χ4v) is 2.39. The Labute approximate surface area is 127 Å². The molecule has 0 saturated carbocycles. The second-order valence-corrected chi connectivity index (χ2v) is 5.24. The van der Waals surface area contributed by atoms with Crippen LogP contribution < -0.4 is 14.8 Å². The predicted molar refractivity (Wildman–Crippen MR) is 79.6 cm³/mol. The Morgan fingerprint density at radius 2 is 2.00 bits per heavy atom. The van der Waals surface area contributed by atoms with Crippen molar-refractivity contribution in [3.63, 3.8) is 0 Å². The number of halogens is 1. The average molecular weight is 301 g/mol. The lowest BCUT2D eigenvalue weighted by Gasteiger charge is -2.14. The Kier molecular flexibility index (Phi) is 3.96. The molecule has 1 amide bonds.